The molecule has 1 fully saturated rings. The Hall–Kier alpha value is -0.260. The third-order valence-electron chi connectivity index (χ3n) is 2.39. The Labute approximate surface area is 91.5 Å². The van der Waals surface area contributed by atoms with E-state index in [2.05, 4.69) is 4.98 Å². The first-order valence-corrected chi connectivity index (χ1v) is 6.60. The molecule has 3 nitrogen and oxygen atoms in total. The fraction of sp³-hybridized carbons (Fsp3) is 0.667. The van der Waals surface area contributed by atoms with Crippen LogP contribution in [0.4, 0.5) is 0 Å². The van der Waals surface area contributed by atoms with Crippen molar-refractivity contribution in [3.63, 3.8) is 0 Å². The number of ether oxygens (including phenoxy) is 1. The molecule has 5 heteroatoms. The molecule has 0 radical (unpaired) electrons. The summed E-state index contributed by atoms with van der Waals surface area (Å²) < 4.78 is 5.00. The van der Waals surface area contributed by atoms with Crippen molar-refractivity contribution >= 4 is 23.1 Å². The second kappa shape index (κ2) is 4.51. The maximum absolute atomic E-state index is 10.0. The largest absolute Gasteiger partial charge is 0.473 e. The Balaban J connectivity index is 2.05. The Morgan fingerprint density at radius 1 is 1.71 bits per heavy atom. The van der Waals surface area contributed by atoms with Crippen molar-refractivity contribution in [3.05, 3.63) is 11.1 Å². The molecule has 1 N–H and O–H groups in total. The van der Waals surface area contributed by atoms with Gasteiger partial charge >= 0.3 is 0 Å². The van der Waals surface area contributed by atoms with Crippen molar-refractivity contribution in [3.8, 4) is 5.19 Å². The van der Waals surface area contributed by atoms with E-state index in [1.54, 1.807) is 7.11 Å². The molecule has 1 aliphatic heterocycles. The highest BCUT2D eigenvalue weighted by Gasteiger charge is 2.26. The summed E-state index contributed by atoms with van der Waals surface area (Å²) in [7, 11) is 1.60. The van der Waals surface area contributed by atoms with Crippen molar-refractivity contribution in [1.82, 2.24) is 4.98 Å². The molecule has 0 spiro atoms. The summed E-state index contributed by atoms with van der Waals surface area (Å²) in [6.07, 6.45) is 0.677. The zero-order valence-corrected chi connectivity index (χ0v) is 9.61. The Kier molecular flexibility index (Phi) is 3.30. The predicted octanol–water partition coefficient (Wildman–Crippen LogP) is 1.94. The molecule has 2 atom stereocenters. The van der Waals surface area contributed by atoms with Crippen molar-refractivity contribution in [1.29, 1.82) is 0 Å². The van der Waals surface area contributed by atoms with Gasteiger partial charge in [0, 0.05) is 11.3 Å². The van der Waals surface area contributed by atoms with Gasteiger partial charge in [-0.15, -0.1) is 0 Å². The number of rotatable bonds is 3. The quantitative estimate of drug-likeness (QED) is 0.863. The highest BCUT2D eigenvalue weighted by atomic mass is 32.2. The van der Waals surface area contributed by atoms with Gasteiger partial charge in [0.1, 0.15) is 6.10 Å². The van der Waals surface area contributed by atoms with E-state index >= 15 is 0 Å². The SMILES string of the molecule is COc1nc(C(O)C2CCSC2)cs1. The first-order valence-electron chi connectivity index (χ1n) is 4.56. The molecule has 2 unspecified atom stereocenters. The Morgan fingerprint density at radius 3 is 3.14 bits per heavy atom. The summed E-state index contributed by atoms with van der Waals surface area (Å²) in [6, 6.07) is 0. The molecule has 2 heterocycles. The second-order valence-electron chi connectivity index (χ2n) is 3.31. The van der Waals surface area contributed by atoms with Crippen LogP contribution in [0.2, 0.25) is 0 Å². The topological polar surface area (TPSA) is 42.4 Å². The number of hydrogen-bond acceptors (Lipinski definition) is 5. The van der Waals surface area contributed by atoms with Crippen LogP contribution in [-0.2, 0) is 0 Å². The van der Waals surface area contributed by atoms with Gasteiger partial charge in [0.25, 0.3) is 5.19 Å². The first-order chi connectivity index (χ1) is 6.81. The summed E-state index contributed by atoms with van der Waals surface area (Å²) >= 11 is 3.34. The maximum Gasteiger partial charge on any atom is 0.273 e. The summed E-state index contributed by atoms with van der Waals surface area (Å²) in [5.41, 5.74) is 0.763. The van der Waals surface area contributed by atoms with Crippen LogP contribution in [0.1, 0.15) is 18.2 Å². The third-order valence-corrected chi connectivity index (χ3v) is 4.40. The molecule has 0 saturated carbocycles. The van der Waals surface area contributed by atoms with Gasteiger partial charge in [-0.25, -0.2) is 4.98 Å². The van der Waals surface area contributed by atoms with E-state index < -0.39 is 6.10 Å². The van der Waals surface area contributed by atoms with Gasteiger partial charge < -0.3 is 9.84 Å². The number of thioether (sulfide) groups is 1. The lowest BCUT2D eigenvalue weighted by Crippen LogP contribution is -2.11. The van der Waals surface area contributed by atoms with Crippen LogP contribution in [0, 0.1) is 5.92 Å². The van der Waals surface area contributed by atoms with E-state index in [0.717, 1.165) is 23.6 Å². The van der Waals surface area contributed by atoms with Gasteiger partial charge in [0.2, 0.25) is 0 Å². The van der Waals surface area contributed by atoms with E-state index in [-0.39, 0.29) is 0 Å². The summed E-state index contributed by atoms with van der Waals surface area (Å²) in [5.74, 6) is 2.57. The van der Waals surface area contributed by atoms with Crippen LogP contribution in [-0.4, -0.2) is 28.7 Å². The van der Waals surface area contributed by atoms with E-state index in [1.165, 1.54) is 11.3 Å². The summed E-state index contributed by atoms with van der Waals surface area (Å²) in [6.45, 7) is 0. The van der Waals surface area contributed by atoms with Crippen LogP contribution in [0.3, 0.4) is 0 Å². The molecule has 0 bridgehead atoms. The lowest BCUT2D eigenvalue weighted by atomic mass is 10.0. The number of thiazole rings is 1. The van der Waals surface area contributed by atoms with Gasteiger partial charge in [-0.2, -0.15) is 11.8 Å². The van der Waals surface area contributed by atoms with Crippen LogP contribution < -0.4 is 4.74 Å². The normalized spacial score (nSPS) is 23.7. The van der Waals surface area contributed by atoms with E-state index in [0.29, 0.717) is 11.1 Å². The van der Waals surface area contributed by atoms with Gasteiger partial charge in [0.15, 0.2) is 0 Å². The Morgan fingerprint density at radius 2 is 2.57 bits per heavy atom. The monoisotopic (exact) mass is 231 g/mol. The molecule has 0 aliphatic carbocycles. The standard InChI is InChI=1S/C9H13NO2S2/c1-12-9-10-7(5-14-9)8(11)6-2-3-13-4-6/h5-6,8,11H,2-4H2,1H3. The molecule has 2 rings (SSSR count). The molecule has 1 aliphatic rings. The van der Waals surface area contributed by atoms with Crippen LogP contribution >= 0.6 is 23.1 Å². The fourth-order valence-corrected chi connectivity index (χ4v) is 3.50. The minimum Gasteiger partial charge on any atom is -0.473 e. The van der Waals surface area contributed by atoms with E-state index in [1.807, 2.05) is 17.1 Å². The van der Waals surface area contributed by atoms with Gasteiger partial charge in [0.05, 0.1) is 12.8 Å². The number of hydrogen-bond donors (Lipinski definition) is 1. The van der Waals surface area contributed by atoms with E-state index in [9.17, 15) is 5.11 Å². The molecule has 78 valence electrons. The molecular weight excluding hydrogens is 218 g/mol. The van der Waals surface area contributed by atoms with Crippen LogP contribution in [0.5, 0.6) is 5.19 Å². The van der Waals surface area contributed by atoms with Crippen molar-refractivity contribution in [2.75, 3.05) is 18.6 Å². The average molecular weight is 231 g/mol. The number of nitrogens with zero attached hydrogens (tertiary/aromatic N) is 1. The zero-order valence-electron chi connectivity index (χ0n) is 7.97. The molecule has 1 aromatic heterocycles. The fourth-order valence-electron chi connectivity index (χ4n) is 1.54. The number of methoxy groups -OCH3 is 1. The van der Waals surface area contributed by atoms with Gasteiger partial charge in [-0.05, 0) is 17.9 Å². The lowest BCUT2D eigenvalue weighted by Gasteiger charge is -2.13. The molecule has 14 heavy (non-hydrogen) atoms. The smallest absolute Gasteiger partial charge is 0.273 e. The number of aliphatic hydroxyl groups is 1. The minimum absolute atomic E-state index is 0.367. The highest BCUT2D eigenvalue weighted by Crippen LogP contribution is 2.35. The lowest BCUT2D eigenvalue weighted by molar-refractivity contribution is 0.117. The number of aromatic nitrogens is 1. The molecular formula is C9H13NO2S2. The second-order valence-corrected chi connectivity index (χ2v) is 5.28. The third kappa shape index (κ3) is 2.04. The highest BCUT2D eigenvalue weighted by molar-refractivity contribution is 7.99. The summed E-state index contributed by atoms with van der Waals surface area (Å²) in [4.78, 5) is 4.21. The minimum atomic E-state index is -0.412. The summed E-state index contributed by atoms with van der Waals surface area (Å²) in [5, 5.41) is 12.5. The molecule has 0 amide bonds. The van der Waals surface area contributed by atoms with Gasteiger partial charge in [-0.1, -0.05) is 11.3 Å². The zero-order chi connectivity index (χ0) is 9.97. The predicted molar refractivity (Wildman–Crippen MR) is 59.1 cm³/mol. The van der Waals surface area contributed by atoms with E-state index in [4.69, 9.17) is 4.74 Å². The molecule has 1 aromatic rings. The van der Waals surface area contributed by atoms with Gasteiger partial charge in [-0.3, -0.25) is 0 Å². The Bertz CT molecular complexity index is 297. The first kappa shape index (κ1) is 10.3. The average Bonchev–Trinajstić information content (AvgIpc) is 2.88. The van der Waals surface area contributed by atoms with Crippen LogP contribution in [0.15, 0.2) is 5.38 Å². The maximum atomic E-state index is 10.0. The van der Waals surface area contributed by atoms with Crippen molar-refractivity contribution in [2.24, 2.45) is 5.92 Å². The van der Waals surface area contributed by atoms with Crippen molar-refractivity contribution < 1.29 is 9.84 Å². The number of aliphatic hydroxyl groups excluding tert-OH is 1. The molecule has 0 aromatic carbocycles. The van der Waals surface area contributed by atoms with Crippen LogP contribution in [0.25, 0.3) is 0 Å². The van der Waals surface area contributed by atoms with Crippen molar-refractivity contribution in [2.45, 2.75) is 12.5 Å². The molecule has 1 saturated heterocycles.